The maximum Gasteiger partial charge on any atom is 0.308 e. The number of carbonyl (C=O) groups excluding carboxylic acids is 1. The van der Waals surface area contributed by atoms with Gasteiger partial charge in [0.2, 0.25) is 5.91 Å². The standard InChI is InChI=1S/C21H21ClN4O5/c1-11(27)26-16-7-14-19(13(8-18(28)29)20(16)31-3)24-10-25-21(14)23-9-12-4-5-17(30-2)15(22)6-12/h4-7,10H,8-9H2,1-3H3,(H,26,27)(H,28,29)(H,23,24,25). The Hall–Kier alpha value is -3.59. The lowest BCUT2D eigenvalue weighted by molar-refractivity contribution is -0.136. The summed E-state index contributed by atoms with van der Waals surface area (Å²) in [6, 6.07) is 7.06. The molecule has 0 fully saturated rings. The van der Waals surface area contributed by atoms with Gasteiger partial charge < -0.3 is 25.2 Å². The predicted molar refractivity (Wildman–Crippen MR) is 117 cm³/mol. The molecule has 31 heavy (non-hydrogen) atoms. The minimum atomic E-state index is -1.06. The van der Waals surface area contributed by atoms with E-state index in [4.69, 9.17) is 21.1 Å². The lowest BCUT2D eigenvalue weighted by Gasteiger charge is -2.17. The number of methoxy groups -OCH3 is 2. The third-order valence-corrected chi connectivity index (χ3v) is 4.79. The molecule has 1 amide bonds. The summed E-state index contributed by atoms with van der Waals surface area (Å²) in [5, 5.41) is 16.3. The Bertz CT molecular complexity index is 1150. The monoisotopic (exact) mass is 444 g/mol. The first-order chi connectivity index (χ1) is 14.8. The molecule has 0 unspecified atom stereocenters. The number of aromatic nitrogens is 2. The van der Waals surface area contributed by atoms with E-state index in [9.17, 15) is 14.7 Å². The van der Waals surface area contributed by atoms with Crippen LogP contribution in [0.2, 0.25) is 5.02 Å². The summed E-state index contributed by atoms with van der Waals surface area (Å²) in [5.41, 5.74) is 1.98. The number of nitrogens with zero attached hydrogens (tertiary/aromatic N) is 2. The van der Waals surface area contributed by atoms with Gasteiger partial charge in [0.25, 0.3) is 0 Å². The first-order valence-electron chi connectivity index (χ1n) is 9.24. The fourth-order valence-corrected chi connectivity index (χ4v) is 3.51. The summed E-state index contributed by atoms with van der Waals surface area (Å²) in [4.78, 5) is 31.7. The van der Waals surface area contributed by atoms with Crippen LogP contribution in [0.5, 0.6) is 11.5 Å². The van der Waals surface area contributed by atoms with Crippen LogP contribution in [-0.2, 0) is 22.6 Å². The molecule has 0 saturated carbocycles. The molecule has 0 bridgehead atoms. The molecule has 3 aromatic rings. The van der Waals surface area contributed by atoms with Gasteiger partial charge in [-0.1, -0.05) is 17.7 Å². The van der Waals surface area contributed by atoms with Crippen LogP contribution in [0.15, 0.2) is 30.6 Å². The average Bonchev–Trinajstić information content (AvgIpc) is 2.71. The summed E-state index contributed by atoms with van der Waals surface area (Å²) in [6.45, 7) is 1.75. The number of nitrogens with one attached hydrogen (secondary N) is 2. The molecule has 162 valence electrons. The number of amides is 1. The summed E-state index contributed by atoms with van der Waals surface area (Å²) in [5.74, 6) is -0.0866. The second kappa shape index (κ2) is 9.48. The molecule has 10 heteroatoms. The van der Waals surface area contributed by atoms with Gasteiger partial charge in [-0.3, -0.25) is 9.59 Å². The third-order valence-electron chi connectivity index (χ3n) is 4.50. The van der Waals surface area contributed by atoms with E-state index in [0.29, 0.717) is 45.3 Å². The fraction of sp³-hybridized carbons (Fsp3) is 0.238. The van der Waals surface area contributed by atoms with E-state index in [2.05, 4.69) is 20.6 Å². The zero-order valence-corrected chi connectivity index (χ0v) is 17.9. The number of rotatable bonds is 8. The number of anilines is 2. The number of carboxylic acid groups (broad SMARTS) is 1. The number of carbonyl (C=O) groups is 2. The lowest BCUT2D eigenvalue weighted by atomic mass is 10.0. The Labute approximate surface area is 183 Å². The zero-order chi connectivity index (χ0) is 22.5. The number of hydrogen-bond acceptors (Lipinski definition) is 7. The van der Waals surface area contributed by atoms with Gasteiger partial charge in [-0.25, -0.2) is 9.97 Å². The average molecular weight is 445 g/mol. The Balaban J connectivity index is 2.06. The number of aliphatic carboxylic acids is 1. The van der Waals surface area contributed by atoms with Crippen LogP contribution in [0.1, 0.15) is 18.1 Å². The maximum atomic E-state index is 11.7. The second-order valence-corrected chi connectivity index (χ2v) is 7.04. The van der Waals surface area contributed by atoms with E-state index in [1.165, 1.54) is 20.4 Å². The van der Waals surface area contributed by atoms with Gasteiger partial charge in [0.15, 0.2) is 0 Å². The maximum absolute atomic E-state index is 11.7. The number of ether oxygens (including phenoxy) is 2. The molecule has 3 N–H and O–H groups in total. The molecule has 0 radical (unpaired) electrons. The zero-order valence-electron chi connectivity index (χ0n) is 17.2. The molecule has 0 saturated heterocycles. The number of benzene rings is 2. The highest BCUT2D eigenvalue weighted by molar-refractivity contribution is 6.32. The quantitative estimate of drug-likeness (QED) is 0.482. The van der Waals surface area contributed by atoms with Crippen LogP contribution in [-0.4, -0.2) is 41.2 Å². The van der Waals surface area contributed by atoms with Crippen molar-refractivity contribution in [2.75, 3.05) is 24.9 Å². The molecule has 1 heterocycles. The predicted octanol–water partition coefficient (Wildman–Crippen LogP) is 3.50. The highest BCUT2D eigenvalue weighted by atomic mass is 35.5. The van der Waals surface area contributed by atoms with Crippen molar-refractivity contribution in [1.29, 1.82) is 0 Å². The van der Waals surface area contributed by atoms with Crippen LogP contribution in [0, 0.1) is 0 Å². The molecule has 1 aromatic heterocycles. The van der Waals surface area contributed by atoms with Crippen molar-refractivity contribution in [2.45, 2.75) is 19.9 Å². The molecular weight excluding hydrogens is 424 g/mol. The first-order valence-corrected chi connectivity index (χ1v) is 9.62. The molecule has 0 aliphatic carbocycles. The van der Waals surface area contributed by atoms with E-state index < -0.39 is 5.97 Å². The topological polar surface area (TPSA) is 123 Å². The van der Waals surface area contributed by atoms with Gasteiger partial charge in [0.1, 0.15) is 23.6 Å². The number of hydrogen-bond donors (Lipinski definition) is 3. The minimum Gasteiger partial charge on any atom is -0.495 e. The van der Waals surface area contributed by atoms with Crippen molar-refractivity contribution in [2.24, 2.45) is 0 Å². The summed E-state index contributed by atoms with van der Waals surface area (Å²) in [6.07, 6.45) is 1.01. The van der Waals surface area contributed by atoms with Crippen molar-refractivity contribution in [1.82, 2.24) is 9.97 Å². The third kappa shape index (κ3) is 4.95. The van der Waals surface area contributed by atoms with Crippen molar-refractivity contribution in [3.8, 4) is 11.5 Å². The summed E-state index contributed by atoms with van der Waals surface area (Å²) >= 11 is 6.19. The number of carboxylic acids is 1. The minimum absolute atomic E-state index is 0.247. The van der Waals surface area contributed by atoms with E-state index in [1.54, 1.807) is 25.3 Å². The van der Waals surface area contributed by atoms with Crippen LogP contribution < -0.4 is 20.1 Å². The van der Waals surface area contributed by atoms with Crippen molar-refractivity contribution in [3.05, 3.63) is 46.7 Å². The van der Waals surface area contributed by atoms with Crippen molar-refractivity contribution < 1.29 is 24.2 Å². The van der Waals surface area contributed by atoms with E-state index in [1.807, 2.05) is 6.07 Å². The van der Waals surface area contributed by atoms with Crippen LogP contribution in [0.3, 0.4) is 0 Å². The first kappa shape index (κ1) is 22.1. The van der Waals surface area contributed by atoms with Gasteiger partial charge in [-0.2, -0.15) is 0 Å². The van der Waals surface area contributed by atoms with Gasteiger partial charge in [-0.05, 0) is 23.8 Å². The number of fused-ring (bicyclic) bond motifs is 1. The van der Waals surface area contributed by atoms with Crippen molar-refractivity contribution >= 4 is 45.9 Å². The Morgan fingerprint density at radius 3 is 2.55 bits per heavy atom. The normalized spacial score (nSPS) is 10.6. The van der Waals surface area contributed by atoms with Crippen molar-refractivity contribution in [3.63, 3.8) is 0 Å². The molecule has 0 spiro atoms. The molecular formula is C21H21ClN4O5. The van der Waals surface area contributed by atoms with Crippen LogP contribution in [0.25, 0.3) is 10.9 Å². The highest BCUT2D eigenvalue weighted by Crippen LogP contribution is 2.37. The van der Waals surface area contributed by atoms with Crippen LogP contribution in [0.4, 0.5) is 11.5 Å². The largest absolute Gasteiger partial charge is 0.495 e. The van der Waals surface area contributed by atoms with Crippen LogP contribution >= 0.6 is 11.6 Å². The lowest BCUT2D eigenvalue weighted by Crippen LogP contribution is -2.12. The molecule has 0 aliphatic rings. The molecule has 0 aliphatic heterocycles. The molecule has 9 nitrogen and oxygen atoms in total. The van der Waals surface area contributed by atoms with Gasteiger partial charge in [0.05, 0.1) is 36.9 Å². The van der Waals surface area contributed by atoms with Gasteiger partial charge >= 0.3 is 5.97 Å². The Morgan fingerprint density at radius 2 is 1.94 bits per heavy atom. The van der Waals surface area contributed by atoms with E-state index in [0.717, 1.165) is 5.56 Å². The Morgan fingerprint density at radius 1 is 1.16 bits per heavy atom. The number of halogens is 1. The SMILES string of the molecule is COc1ccc(CNc2ncnc3c(CC(=O)O)c(OC)c(NC(C)=O)cc23)cc1Cl. The summed E-state index contributed by atoms with van der Waals surface area (Å²) < 4.78 is 10.6. The summed E-state index contributed by atoms with van der Waals surface area (Å²) in [7, 11) is 2.95. The van der Waals surface area contributed by atoms with Gasteiger partial charge in [-0.15, -0.1) is 0 Å². The molecule has 2 aromatic carbocycles. The highest BCUT2D eigenvalue weighted by Gasteiger charge is 2.20. The Kier molecular flexibility index (Phi) is 6.76. The van der Waals surface area contributed by atoms with E-state index >= 15 is 0 Å². The second-order valence-electron chi connectivity index (χ2n) is 6.63. The fourth-order valence-electron chi connectivity index (χ4n) is 3.23. The molecule has 3 rings (SSSR count). The molecule has 0 atom stereocenters. The smallest absolute Gasteiger partial charge is 0.308 e. The van der Waals surface area contributed by atoms with E-state index in [-0.39, 0.29) is 18.1 Å². The van der Waals surface area contributed by atoms with Gasteiger partial charge in [0, 0.05) is 24.4 Å².